The first kappa shape index (κ1) is 23.5. The molecule has 0 aliphatic carbocycles. The first-order valence-corrected chi connectivity index (χ1v) is 11.0. The van der Waals surface area contributed by atoms with Crippen molar-refractivity contribution in [1.29, 1.82) is 0 Å². The Balaban J connectivity index is 1.47. The number of ether oxygens (including phenoxy) is 1. The molecule has 4 rings (SSSR count). The van der Waals surface area contributed by atoms with Gasteiger partial charge in [-0.3, -0.25) is 19.6 Å². The summed E-state index contributed by atoms with van der Waals surface area (Å²) in [7, 11) is 3.35. The standard InChI is InChI=1S/C23H25ClN6O4/c1-14-10-21(31)30(28(14)2)17-7-5-16(6-8-17)26-22(32)19-11-18(34-3)13-29(19)23(33)27-20-9-4-15(24)12-25-20/h4-10,12,18-19H,11,13H2,1-3H3,(H,26,32)(H,25,27,33)/t18-,19-/m1/s1. The summed E-state index contributed by atoms with van der Waals surface area (Å²) in [4.78, 5) is 43.6. The summed E-state index contributed by atoms with van der Waals surface area (Å²) >= 11 is 5.84. The molecule has 3 amide bonds. The van der Waals surface area contributed by atoms with E-state index in [0.29, 0.717) is 28.6 Å². The summed E-state index contributed by atoms with van der Waals surface area (Å²) in [5.74, 6) is -0.00504. The van der Waals surface area contributed by atoms with Gasteiger partial charge in [0.2, 0.25) is 5.91 Å². The molecule has 3 aromatic rings. The number of halogens is 1. The molecular formula is C23H25ClN6O4. The number of hydrogen-bond donors (Lipinski definition) is 2. The summed E-state index contributed by atoms with van der Waals surface area (Å²) in [6.45, 7) is 2.12. The fourth-order valence-corrected chi connectivity index (χ4v) is 4.03. The van der Waals surface area contributed by atoms with Crippen LogP contribution in [-0.2, 0) is 16.6 Å². The highest BCUT2D eigenvalue weighted by atomic mass is 35.5. The fourth-order valence-electron chi connectivity index (χ4n) is 3.92. The Morgan fingerprint density at radius 1 is 1.15 bits per heavy atom. The molecular weight excluding hydrogens is 460 g/mol. The Hall–Kier alpha value is -3.63. The number of methoxy groups -OCH3 is 1. The number of nitrogens with zero attached hydrogens (tertiary/aromatic N) is 4. The van der Waals surface area contributed by atoms with Crippen LogP contribution in [-0.4, -0.2) is 57.0 Å². The fraction of sp³-hybridized carbons (Fsp3) is 0.304. The molecule has 3 heterocycles. The maximum Gasteiger partial charge on any atom is 0.323 e. The molecule has 0 spiro atoms. The van der Waals surface area contributed by atoms with Crippen molar-refractivity contribution >= 4 is 35.0 Å². The smallest absolute Gasteiger partial charge is 0.323 e. The quantitative estimate of drug-likeness (QED) is 0.578. The molecule has 1 saturated heterocycles. The zero-order chi connectivity index (χ0) is 24.4. The number of aromatic nitrogens is 3. The number of likely N-dealkylation sites (tertiary alicyclic amines) is 1. The second-order valence-electron chi connectivity index (χ2n) is 8.05. The molecule has 1 aromatic carbocycles. The molecule has 178 valence electrons. The van der Waals surface area contributed by atoms with E-state index in [1.54, 1.807) is 61.3 Å². The van der Waals surface area contributed by atoms with Crippen molar-refractivity contribution in [2.45, 2.75) is 25.5 Å². The van der Waals surface area contributed by atoms with Crippen molar-refractivity contribution in [3.8, 4) is 5.69 Å². The third kappa shape index (κ3) is 4.82. The van der Waals surface area contributed by atoms with Crippen LogP contribution in [0.5, 0.6) is 0 Å². The molecule has 0 bridgehead atoms. The average Bonchev–Trinajstić information content (AvgIpc) is 3.37. The summed E-state index contributed by atoms with van der Waals surface area (Å²) in [5, 5.41) is 6.00. The van der Waals surface area contributed by atoms with Crippen LogP contribution in [0.4, 0.5) is 16.3 Å². The minimum Gasteiger partial charge on any atom is -0.380 e. The molecule has 2 atom stereocenters. The lowest BCUT2D eigenvalue weighted by atomic mass is 10.1. The van der Waals surface area contributed by atoms with Crippen molar-refractivity contribution in [2.24, 2.45) is 7.05 Å². The van der Waals surface area contributed by atoms with Crippen LogP contribution in [0.2, 0.25) is 5.02 Å². The van der Waals surface area contributed by atoms with Gasteiger partial charge in [-0.05, 0) is 43.3 Å². The van der Waals surface area contributed by atoms with E-state index in [1.807, 2.05) is 6.92 Å². The molecule has 10 nitrogen and oxygen atoms in total. The predicted octanol–water partition coefficient (Wildman–Crippen LogP) is 2.79. The summed E-state index contributed by atoms with van der Waals surface area (Å²) in [5.41, 5.74) is 1.93. The lowest BCUT2D eigenvalue weighted by Gasteiger charge is -2.23. The highest BCUT2D eigenvalue weighted by Gasteiger charge is 2.40. The van der Waals surface area contributed by atoms with Crippen LogP contribution in [0, 0.1) is 6.92 Å². The number of anilines is 2. The van der Waals surface area contributed by atoms with Gasteiger partial charge in [0.15, 0.2) is 0 Å². The molecule has 1 aliphatic rings. The largest absolute Gasteiger partial charge is 0.380 e. The van der Waals surface area contributed by atoms with Crippen LogP contribution in [0.3, 0.4) is 0 Å². The van der Waals surface area contributed by atoms with E-state index in [9.17, 15) is 14.4 Å². The van der Waals surface area contributed by atoms with Crippen LogP contribution in [0.25, 0.3) is 5.69 Å². The second kappa shape index (κ2) is 9.70. The van der Waals surface area contributed by atoms with E-state index in [0.717, 1.165) is 5.69 Å². The molecule has 0 radical (unpaired) electrons. The van der Waals surface area contributed by atoms with Crippen molar-refractivity contribution in [2.75, 3.05) is 24.3 Å². The highest BCUT2D eigenvalue weighted by Crippen LogP contribution is 2.23. The minimum atomic E-state index is -0.727. The van der Waals surface area contributed by atoms with E-state index >= 15 is 0 Å². The van der Waals surface area contributed by atoms with E-state index in [4.69, 9.17) is 16.3 Å². The SMILES string of the molecule is CO[C@@H]1C[C@H](C(=O)Nc2ccc(-n3c(=O)cc(C)n3C)cc2)N(C(=O)Nc2ccc(Cl)cn2)C1. The minimum absolute atomic E-state index is 0.134. The number of pyridine rings is 1. The number of amides is 3. The zero-order valence-electron chi connectivity index (χ0n) is 19.0. The number of urea groups is 1. The van der Waals surface area contributed by atoms with E-state index in [1.165, 1.54) is 15.8 Å². The number of benzene rings is 1. The lowest BCUT2D eigenvalue weighted by Crippen LogP contribution is -2.45. The molecule has 11 heteroatoms. The van der Waals surface area contributed by atoms with Crippen LogP contribution in [0.15, 0.2) is 53.5 Å². The van der Waals surface area contributed by atoms with Gasteiger partial charge in [-0.1, -0.05) is 11.6 Å². The van der Waals surface area contributed by atoms with Crippen molar-refractivity contribution in [3.63, 3.8) is 0 Å². The van der Waals surface area contributed by atoms with Crippen molar-refractivity contribution < 1.29 is 14.3 Å². The Morgan fingerprint density at radius 2 is 1.88 bits per heavy atom. The number of rotatable bonds is 5. The summed E-state index contributed by atoms with van der Waals surface area (Å²) in [6, 6.07) is 10.5. The first-order chi connectivity index (χ1) is 16.3. The van der Waals surface area contributed by atoms with Crippen LogP contribution in [0.1, 0.15) is 12.1 Å². The number of carbonyl (C=O) groups is 2. The van der Waals surface area contributed by atoms with Gasteiger partial charge in [-0.2, -0.15) is 0 Å². The maximum atomic E-state index is 13.1. The third-order valence-corrected chi connectivity index (χ3v) is 6.08. The van der Waals surface area contributed by atoms with Gasteiger partial charge in [0, 0.05) is 50.8 Å². The molecule has 0 saturated carbocycles. The molecule has 2 aromatic heterocycles. The van der Waals surface area contributed by atoms with Gasteiger partial charge in [-0.25, -0.2) is 14.5 Å². The van der Waals surface area contributed by atoms with Crippen LogP contribution >= 0.6 is 11.6 Å². The normalized spacial score (nSPS) is 17.6. The summed E-state index contributed by atoms with van der Waals surface area (Å²) < 4.78 is 8.70. The third-order valence-electron chi connectivity index (χ3n) is 5.85. The number of aryl methyl sites for hydroxylation is 1. The van der Waals surface area contributed by atoms with Gasteiger partial charge < -0.3 is 15.0 Å². The predicted molar refractivity (Wildman–Crippen MR) is 129 cm³/mol. The second-order valence-corrected chi connectivity index (χ2v) is 8.49. The van der Waals surface area contributed by atoms with Gasteiger partial charge >= 0.3 is 6.03 Å². The Bertz CT molecular complexity index is 1250. The average molecular weight is 485 g/mol. The molecule has 0 unspecified atom stereocenters. The number of carbonyl (C=O) groups excluding carboxylic acids is 2. The van der Waals surface area contributed by atoms with E-state index < -0.39 is 12.1 Å². The van der Waals surface area contributed by atoms with Crippen molar-refractivity contribution in [3.05, 3.63) is 69.7 Å². The Labute approximate surface area is 201 Å². The molecule has 1 aliphatic heterocycles. The lowest BCUT2D eigenvalue weighted by molar-refractivity contribution is -0.119. The van der Waals surface area contributed by atoms with Gasteiger partial charge in [0.05, 0.1) is 16.8 Å². The van der Waals surface area contributed by atoms with Gasteiger partial charge in [-0.15, -0.1) is 0 Å². The maximum absolute atomic E-state index is 13.1. The monoisotopic (exact) mass is 484 g/mol. The van der Waals surface area contributed by atoms with Crippen molar-refractivity contribution in [1.82, 2.24) is 19.2 Å². The summed E-state index contributed by atoms with van der Waals surface area (Å²) in [6.07, 6.45) is 1.52. The Morgan fingerprint density at radius 3 is 2.47 bits per heavy atom. The van der Waals surface area contributed by atoms with E-state index in [2.05, 4.69) is 15.6 Å². The molecule has 34 heavy (non-hydrogen) atoms. The van der Waals surface area contributed by atoms with Gasteiger partial charge in [0.1, 0.15) is 11.9 Å². The molecule has 2 N–H and O–H groups in total. The number of nitrogens with one attached hydrogen (secondary N) is 2. The van der Waals surface area contributed by atoms with Crippen LogP contribution < -0.4 is 16.2 Å². The highest BCUT2D eigenvalue weighted by molar-refractivity contribution is 6.30. The Kier molecular flexibility index (Phi) is 6.71. The zero-order valence-corrected chi connectivity index (χ0v) is 19.7. The van der Waals surface area contributed by atoms with E-state index in [-0.39, 0.29) is 24.1 Å². The number of hydrogen-bond acceptors (Lipinski definition) is 5. The van der Waals surface area contributed by atoms with Gasteiger partial charge in [0.25, 0.3) is 5.56 Å². The first-order valence-electron chi connectivity index (χ1n) is 10.7. The molecule has 1 fully saturated rings. The topological polar surface area (TPSA) is 110 Å².